The third-order valence-electron chi connectivity index (χ3n) is 5.90. The van der Waals surface area contributed by atoms with Gasteiger partial charge in [-0.05, 0) is 30.5 Å². The van der Waals surface area contributed by atoms with Gasteiger partial charge in [-0.2, -0.15) is 0 Å². The molecule has 1 heterocycles. The van der Waals surface area contributed by atoms with Crippen molar-refractivity contribution in [1.82, 2.24) is 0 Å². The van der Waals surface area contributed by atoms with Crippen molar-refractivity contribution < 1.29 is 13.9 Å². The molecule has 0 unspecified atom stereocenters. The maximum atomic E-state index is 14.7. The van der Waals surface area contributed by atoms with Crippen LogP contribution in [0, 0.1) is 0 Å². The lowest BCUT2D eigenvalue weighted by atomic mass is 9.80. The van der Waals surface area contributed by atoms with Crippen molar-refractivity contribution >= 4 is 0 Å². The van der Waals surface area contributed by atoms with E-state index < -0.39 is 17.4 Å². The van der Waals surface area contributed by atoms with Crippen molar-refractivity contribution in [3.63, 3.8) is 0 Å². The van der Waals surface area contributed by atoms with Gasteiger partial charge in [-0.15, -0.1) is 0 Å². The smallest absolute Gasteiger partial charge is 0.143 e. The first-order chi connectivity index (χ1) is 14.0. The molecule has 1 fully saturated rings. The van der Waals surface area contributed by atoms with Gasteiger partial charge < -0.3 is 9.47 Å². The Balaban J connectivity index is 1.78. The molecule has 29 heavy (non-hydrogen) atoms. The first kappa shape index (κ1) is 19.8. The number of halogens is 1. The molecule has 3 atom stereocenters. The zero-order chi connectivity index (χ0) is 20.3. The quantitative estimate of drug-likeness (QED) is 0.488. The van der Waals surface area contributed by atoms with Gasteiger partial charge in [-0.1, -0.05) is 91.0 Å². The lowest BCUT2D eigenvalue weighted by Crippen LogP contribution is -2.35. The molecule has 0 aliphatic carbocycles. The van der Waals surface area contributed by atoms with E-state index in [-0.39, 0.29) is 6.10 Å². The third-order valence-corrected chi connectivity index (χ3v) is 5.90. The van der Waals surface area contributed by atoms with Crippen LogP contribution in [0.15, 0.2) is 91.0 Å². The molecule has 0 radical (unpaired) electrons. The summed E-state index contributed by atoms with van der Waals surface area (Å²) in [5.74, 6) is 0. The molecule has 0 N–H and O–H groups in total. The Labute approximate surface area is 172 Å². The van der Waals surface area contributed by atoms with E-state index in [2.05, 4.69) is 36.4 Å². The first-order valence-electron chi connectivity index (χ1n) is 10.2. The Morgan fingerprint density at radius 1 is 0.862 bits per heavy atom. The van der Waals surface area contributed by atoms with Crippen molar-refractivity contribution in [3.8, 4) is 0 Å². The molecule has 3 aromatic carbocycles. The fraction of sp³-hybridized carbons (Fsp3) is 0.308. The highest BCUT2D eigenvalue weighted by atomic mass is 19.1. The van der Waals surface area contributed by atoms with Crippen molar-refractivity contribution in [2.45, 2.75) is 43.7 Å². The predicted molar refractivity (Wildman–Crippen MR) is 114 cm³/mol. The summed E-state index contributed by atoms with van der Waals surface area (Å²) in [4.78, 5) is 0. The maximum absolute atomic E-state index is 14.7. The van der Waals surface area contributed by atoms with Crippen LogP contribution in [-0.4, -0.2) is 24.5 Å². The van der Waals surface area contributed by atoms with E-state index in [1.54, 1.807) is 13.8 Å². The largest absolute Gasteiger partial charge is 0.369 e. The molecule has 0 aromatic heterocycles. The van der Waals surface area contributed by atoms with E-state index in [0.717, 1.165) is 16.7 Å². The van der Waals surface area contributed by atoms with E-state index in [1.165, 1.54) is 0 Å². The van der Waals surface area contributed by atoms with E-state index in [0.29, 0.717) is 13.0 Å². The number of ether oxygens (including phenoxy) is 2. The SMILES string of the molecule is C[C@@H]1O[C@H](COC(c2ccccc2)(c2ccccc2)c2ccccc2)C[C@@]1(C)F. The Bertz CT molecular complexity index is 813. The molecule has 1 saturated heterocycles. The zero-order valence-corrected chi connectivity index (χ0v) is 16.9. The maximum Gasteiger partial charge on any atom is 0.143 e. The van der Waals surface area contributed by atoms with Gasteiger partial charge in [0, 0.05) is 6.42 Å². The zero-order valence-electron chi connectivity index (χ0n) is 16.9. The predicted octanol–water partition coefficient (Wildman–Crippen LogP) is 5.90. The van der Waals surface area contributed by atoms with Crippen LogP contribution < -0.4 is 0 Å². The molecule has 1 aliphatic rings. The molecular formula is C26H27FO2. The first-order valence-corrected chi connectivity index (χ1v) is 10.2. The lowest BCUT2D eigenvalue weighted by Gasteiger charge is -2.36. The van der Waals surface area contributed by atoms with Gasteiger partial charge in [0.2, 0.25) is 0 Å². The summed E-state index contributed by atoms with van der Waals surface area (Å²) in [7, 11) is 0. The summed E-state index contributed by atoms with van der Waals surface area (Å²) in [6.07, 6.45) is -0.381. The van der Waals surface area contributed by atoms with Crippen molar-refractivity contribution in [2.75, 3.05) is 6.61 Å². The second-order valence-electron chi connectivity index (χ2n) is 7.97. The van der Waals surface area contributed by atoms with Gasteiger partial charge in [0.1, 0.15) is 11.3 Å². The number of benzene rings is 3. The van der Waals surface area contributed by atoms with E-state index >= 15 is 0 Å². The van der Waals surface area contributed by atoms with Gasteiger partial charge in [-0.25, -0.2) is 4.39 Å². The summed E-state index contributed by atoms with van der Waals surface area (Å²) >= 11 is 0. The fourth-order valence-electron chi connectivity index (χ4n) is 4.17. The molecule has 0 bridgehead atoms. The Morgan fingerprint density at radius 2 is 1.28 bits per heavy atom. The van der Waals surface area contributed by atoms with Crippen LogP contribution in [0.25, 0.3) is 0 Å². The average molecular weight is 390 g/mol. The second kappa shape index (κ2) is 8.10. The van der Waals surface area contributed by atoms with Crippen LogP contribution >= 0.6 is 0 Å². The van der Waals surface area contributed by atoms with E-state index in [4.69, 9.17) is 9.47 Å². The topological polar surface area (TPSA) is 18.5 Å². The third kappa shape index (κ3) is 3.85. The molecule has 0 amide bonds. The van der Waals surface area contributed by atoms with E-state index in [1.807, 2.05) is 54.6 Å². The van der Waals surface area contributed by atoms with Crippen LogP contribution in [0.5, 0.6) is 0 Å². The van der Waals surface area contributed by atoms with Gasteiger partial charge in [-0.3, -0.25) is 0 Å². The summed E-state index contributed by atoms with van der Waals surface area (Å²) in [6, 6.07) is 30.6. The minimum Gasteiger partial charge on any atom is -0.369 e. The molecule has 0 saturated carbocycles. The van der Waals surface area contributed by atoms with Gasteiger partial charge in [0.25, 0.3) is 0 Å². The minimum absolute atomic E-state index is 0.282. The molecule has 1 aliphatic heterocycles. The highest BCUT2D eigenvalue weighted by Gasteiger charge is 2.45. The number of alkyl halides is 1. The monoisotopic (exact) mass is 390 g/mol. The number of hydrogen-bond acceptors (Lipinski definition) is 2. The molecule has 3 heteroatoms. The molecule has 150 valence electrons. The highest BCUT2D eigenvalue weighted by Crippen LogP contribution is 2.42. The van der Waals surface area contributed by atoms with Gasteiger partial charge >= 0.3 is 0 Å². The van der Waals surface area contributed by atoms with Crippen LogP contribution in [0.1, 0.15) is 37.0 Å². The normalized spacial score (nSPS) is 24.5. The average Bonchev–Trinajstić information content (AvgIpc) is 3.02. The van der Waals surface area contributed by atoms with Crippen LogP contribution in [-0.2, 0) is 15.1 Å². The summed E-state index contributed by atoms with van der Waals surface area (Å²) in [5.41, 5.74) is 0.971. The van der Waals surface area contributed by atoms with E-state index in [9.17, 15) is 4.39 Å². The molecule has 3 aromatic rings. The minimum atomic E-state index is -1.33. The highest BCUT2D eigenvalue weighted by molar-refractivity contribution is 5.47. The lowest BCUT2D eigenvalue weighted by molar-refractivity contribution is -0.0630. The molecule has 4 rings (SSSR count). The summed E-state index contributed by atoms with van der Waals surface area (Å²) < 4.78 is 27.3. The van der Waals surface area contributed by atoms with Crippen LogP contribution in [0.4, 0.5) is 4.39 Å². The molecule has 2 nitrogen and oxygen atoms in total. The standard InChI is InChI=1S/C26H27FO2/c1-20-25(2,27)18-24(29-20)19-28-26(21-12-6-3-7-13-21,22-14-8-4-9-15-22)23-16-10-5-11-17-23/h3-17,20,24H,18-19H2,1-2H3/t20-,24-,25+/m0/s1. The van der Waals surface area contributed by atoms with Crippen LogP contribution in [0.3, 0.4) is 0 Å². The summed E-state index contributed by atoms with van der Waals surface area (Å²) in [6.45, 7) is 3.71. The second-order valence-corrected chi connectivity index (χ2v) is 7.97. The summed E-state index contributed by atoms with van der Waals surface area (Å²) in [5, 5.41) is 0. The van der Waals surface area contributed by atoms with Gasteiger partial charge in [0.05, 0.1) is 18.8 Å². The molecule has 0 spiro atoms. The Morgan fingerprint density at radius 3 is 1.62 bits per heavy atom. The fourth-order valence-corrected chi connectivity index (χ4v) is 4.17. The van der Waals surface area contributed by atoms with Crippen molar-refractivity contribution in [1.29, 1.82) is 0 Å². The van der Waals surface area contributed by atoms with Crippen molar-refractivity contribution in [3.05, 3.63) is 108 Å². The van der Waals surface area contributed by atoms with Gasteiger partial charge in [0.15, 0.2) is 0 Å². The van der Waals surface area contributed by atoms with Crippen molar-refractivity contribution in [2.24, 2.45) is 0 Å². The Hall–Kier alpha value is -2.49. The van der Waals surface area contributed by atoms with Crippen LogP contribution in [0.2, 0.25) is 0 Å². The Kier molecular flexibility index (Phi) is 5.53. The number of rotatable bonds is 6. The number of hydrogen-bond donors (Lipinski definition) is 0. The molecular weight excluding hydrogens is 363 g/mol.